The molecule has 2 amide bonds. The van der Waals surface area contributed by atoms with Crippen molar-refractivity contribution in [2.45, 2.75) is 25.4 Å². The van der Waals surface area contributed by atoms with Crippen molar-refractivity contribution in [2.75, 3.05) is 31.1 Å². The predicted molar refractivity (Wildman–Crippen MR) is 113 cm³/mol. The number of hydrogen-bond donors (Lipinski definition) is 2. The number of carbonyl (C=O) groups excluding carboxylic acids is 1. The summed E-state index contributed by atoms with van der Waals surface area (Å²) in [7, 11) is 0. The van der Waals surface area contributed by atoms with Crippen molar-refractivity contribution >= 4 is 11.7 Å². The van der Waals surface area contributed by atoms with E-state index >= 15 is 0 Å². The van der Waals surface area contributed by atoms with Crippen LogP contribution in [0.4, 0.5) is 14.9 Å². The number of primary amides is 1. The largest absolute Gasteiger partial charge is 0.390 e. The van der Waals surface area contributed by atoms with Crippen LogP contribution in [0.1, 0.15) is 24.0 Å². The van der Waals surface area contributed by atoms with E-state index in [-0.39, 0.29) is 12.4 Å². The highest BCUT2D eigenvalue weighted by Gasteiger charge is 2.23. The fraction of sp³-hybridized carbons (Fsp3) is 0.391. The Bertz CT molecular complexity index is 889. The molecule has 158 valence electrons. The SMILES string of the molecule is N#Cc1cccc(N(C[C@H](O)CN2CCC(Cc3ccc(F)cc3)CC2)C(N)=O)c1. The van der Waals surface area contributed by atoms with Crippen molar-refractivity contribution < 1.29 is 14.3 Å². The summed E-state index contributed by atoms with van der Waals surface area (Å²) in [5, 5.41) is 19.6. The molecule has 1 fully saturated rings. The average molecular weight is 410 g/mol. The Balaban J connectivity index is 1.49. The number of benzene rings is 2. The quantitative estimate of drug-likeness (QED) is 0.734. The predicted octanol–water partition coefficient (Wildman–Crippen LogP) is 2.90. The van der Waals surface area contributed by atoms with E-state index in [0.29, 0.717) is 23.7 Å². The summed E-state index contributed by atoms with van der Waals surface area (Å²) >= 11 is 0. The van der Waals surface area contributed by atoms with E-state index in [1.807, 2.05) is 18.2 Å². The first-order valence-corrected chi connectivity index (χ1v) is 10.2. The lowest BCUT2D eigenvalue weighted by atomic mass is 9.90. The number of carbonyl (C=O) groups is 1. The molecule has 6 nitrogen and oxygen atoms in total. The van der Waals surface area contributed by atoms with Crippen molar-refractivity contribution in [3.8, 4) is 6.07 Å². The summed E-state index contributed by atoms with van der Waals surface area (Å²) in [5.74, 6) is 0.326. The number of amides is 2. The third-order valence-electron chi connectivity index (χ3n) is 5.56. The molecule has 7 heteroatoms. The van der Waals surface area contributed by atoms with Gasteiger partial charge in [0.1, 0.15) is 5.82 Å². The van der Waals surface area contributed by atoms with Gasteiger partial charge in [-0.1, -0.05) is 18.2 Å². The van der Waals surface area contributed by atoms with Crippen LogP contribution in [0.15, 0.2) is 48.5 Å². The molecule has 2 aromatic rings. The molecule has 0 spiro atoms. The fourth-order valence-electron chi connectivity index (χ4n) is 3.96. The van der Waals surface area contributed by atoms with Gasteiger partial charge in [-0.2, -0.15) is 5.26 Å². The summed E-state index contributed by atoms with van der Waals surface area (Å²) in [4.78, 5) is 15.4. The Morgan fingerprint density at radius 1 is 1.27 bits per heavy atom. The molecule has 0 bridgehead atoms. The normalized spacial score (nSPS) is 16.0. The molecule has 0 aromatic heterocycles. The third kappa shape index (κ3) is 6.02. The van der Waals surface area contributed by atoms with Crippen molar-refractivity contribution in [2.24, 2.45) is 11.7 Å². The highest BCUT2D eigenvalue weighted by atomic mass is 19.1. The Hall–Kier alpha value is -2.95. The van der Waals surface area contributed by atoms with E-state index in [2.05, 4.69) is 4.90 Å². The maximum absolute atomic E-state index is 13.0. The minimum atomic E-state index is -0.753. The number of β-amino-alcohol motifs (C(OH)–C–C–N with tert-alkyl or cyclic N) is 1. The number of piperidine rings is 1. The number of nitrogens with two attached hydrogens (primary N) is 1. The first-order chi connectivity index (χ1) is 14.4. The molecule has 1 atom stereocenters. The number of halogens is 1. The molecule has 2 aromatic carbocycles. The van der Waals surface area contributed by atoms with E-state index in [4.69, 9.17) is 11.0 Å². The molecule has 0 saturated carbocycles. The molecular weight excluding hydrogens is 383 g/mol. The summed E-state index contributed by atoms with van der Waals surface area (Å²) in [6.45, 7) is 2.25. The number of urea groups is 1. The number of aliphatic hydroxyl groups is 1. The average Bonchev–Trinajstić information content (AvgIpc) is 2.75. The van der Waals surface area contributed by atoms with E-state index in [0.717, 1.165) is 37.9 Å². The topological polar surface area (TPSA) is 93.6 Å². The van der Waals surface area contributed by atoms with Gasteiger partial charge < -0.3 is 15.7 Å². The molecule has 0 unspecified atom stereocenters. The van der Waals surface area contributed by atoms with Gasteiger partial charge in [0, 0.05) is 12.2 Å². The van der Waals surface area contributed by atoms with Gasteiger partial charge in [-0.3, -0.25) is 4.90 Å². The number of hydrogen-bond acceptors (Lipinski definition) is 4. The molecule has 1 aliphatic heterocycles. The number of aliphatic hydroxyl groups excluding tert-OH is 1. The summed E-state index contributed by atoms with van der Waals surface area (Å²) in [5.41, 5.74) is 7.57. The van der Waals surface area contributed by atoms with E-state index < -0.39 is 12.1 Å². The molecular formula is C23H27FN4O2. The molecule has 0 radical (unpaired) electrons. The van der Waals surface area contributed by atoms with Crippen LogP contribution in [0.2, 0.25) is 0 Å². The minimum Gasteiger partial charge on any atom is -0.390 e. The molecule has 3 rings (SSSR count). The van der Waals surface area contributed by atoms with Crippen molar-refractivity contribution in [3.05, 3.63) is 65.5 Å². The first-order valence-electron chi connectivity index (χ1n) is 10.2. The van der Waals surface area contributed by atoms with Crippen molar-refractivity contribution in [1.29, 1.82) is 5.26 Å². The van der Waals surface area contributed by atoms with Gasteiger partial charge in [-0.25, -0.2) is 9.18 Å². The van der Waals surface area contributed by atoms with Gasteiger partial charge in [0.15, 0.2) is 0 Å². The molecule has 0 aliphatic carbocycles. The second kappa shape index (κ2) is 10.2. The Morgan fingerprint density at radius 2 is 1.97 bits per heavy atom. The zero-order chi connectivity index (χ0) is 21.5. The maximum Gasteiger partial charge on any atom is 0.319 e. The van der Waals surface area contributed by atoms with E-state index in [1.165, 1.54) is 17.0 Å². The van der Waals surface area contributed by atoms with Crippen LogP contribution < -0.4 is 10.6 Å². The smallest absolute Gasteiger partial charge is 0.319 e. The monoisotopic (exact) mass is 410 g/mol. The first kappa shape index (κ1) is 21.8. The van der Waals surface area contributed by atoms with Crippen LogP contribution in [0.5, 0.6) is 0 Å². The van der Waals surface area contributed by atoms with E-state index in [1.54, 1.807) is 24.3 Å². The van der Waals surface area contributed by atoms with Crippen LogP contribution >= 0.6 is 0 Å². The molecule has 1 saturated heterocycles. The lowest BCUT2D eigenvalue weighted by Gasteiger charge is -2.34. The number of nitriles is 1. The summed E-state index contributed by atoms with van der Waals surface area (Å²) < 4.78 is 13.0. The van der Waals surface area contributed by atoms with Crippen LogP contribution in [0.25, 0.3) is 0 Å². The third-order valence-corrected chi connectivity index (χ3v) is 5.56. The highest BCUT2D eigenvalue weighted by molar-refractivity contribution is 5.90. The molecule has 1 heterocycles. The van der Waals surface area contributed by atoms with Gasteiger partial charge in [-0.05, 0) is 74.2 Å². The Kier molecular flexibility index (Phi) is 7.39. The second-order valence-corrected chi connectivity index (χ2v) is 7.84. The Labute approximate surface area is 176 Å². The number of likely N-dealkylation sites (tertiary alicyclic amines) is 1. The van der Waals surface area contributed by atoms with Gasteiger partial charge in [-0.15, -0.1) is 0 Å². The van der Waals surface area contributed by atoms with Gasteiger partial charge >= 0.3 is 6.03 Å². The fourth-order valence-corrected chi connectivity index (χ4v) is 3.96. The second-order valence-electron chi connectivity index (χ2n) is 7.84. The standard InChI is InChI=1S/C23H27FN4O2/c24-20-6-4-17(5-7-20)12-18-8-10-27(11-9-18)15-22(29)16-28(23(26)30)21-3-1-2-19(13-21)14-25/h1-7,13,18,22,29H,8-12,15-16H2,(H2,26,30)/t22-/m1/s1. The molecule has 3 N–H and O–H groups in total. The summed E-state index contributed by atoms with van der Waals surface area (Å²) in [6.07, 6.45) is 2.19. The lowest BCUT2D eigenvalue weighted by molar-refractivity contribution is 0.0934. The minimum absolute atomic E-state index is 0.0692. The van der Waals surface area contributed by atoms with Crippen LogP contribution in [0.3, 0.4) is 0 Å². The molecule has 1 aliphatic rings. The van der Waals surface area contributed by atoms with Crippen molar-refractivity contribution in [3.63, 3.8) is 0 Å². The number of anilines is 1. The zero-order valence-electron chi connectivity index (χ0n) is 16.9. The zero-order valence-corrected chi connectivity index (χ0v) is 16.9. The summed E-state index contributed by atoms with van der Waals surface area (Å²) in [6, 6.07) is 14.6. The van der Waals surface area contributed by atoms with Gasteiger partial charge in [0.25, 0.3) is 0 Å². The number of nitrogens with zero attached hydrogens (tertiary/aromatic N) is 3. The van der Waals surface area contributed by atoms with Gasteiger partial charge in [0.2, 0.25) is 0 Å². The van der Waals surface area contributed by atoms with Crippen molar-refractivity contribution in [1.82, 2.24) is 4.90 Å². The molecule has 30 heavy (non-hydrogen) atoms. The Morgan fingerprint density at radius 3 is 2.60 bits per heavy atom. The highest BCUT2D eigenvalue weighted by Crippen LogP contribution is 2.22. The number of rotatable bonds is 7. The van der Waals surface area contributed by atoms with Gasteiger partial charge in [0.05, 0.1) is 24.3 Å². The van der Waals surface area contributed by atoms with E-state index in [9.17, 15) is 14.3 Å². The maximum atomic E-state index is 13.0. The van der Waals surface area contributed by atoms with Crippen LogP contribution in [-0.2, 0) is 6.42 Å². The lowest BCUT2D eigenvalue weighted by Crippen LogP contribution is -2.46. The van der Waals surface area contributed by atoms with Crippen LogP contribution in [-0.4, -0.2) is 48.3 Å². The van der Waals surface area contributed by atoms with Crippen LogP contribution in [0, 0.1) is 23.1 Å².